The van der Waals surface area contributed by atoms with E-state index in [2.05, 4.69) is 39.8 Å². The van der Waals surface area contributed by atoms with Gasteiger partial charge in [0.1, 0.15) is 0 Å². The first-order chi connectivity index (χ1) is 31.8. The summed E-state index contributed by atoms with van der Waals surface area (Å²) in [7, 11) is 0. The molecule has 0 aliphatic heterocycles. The molecule has 1 rings (SSSR count). The van der Waals surface area contributed by atoms with Gasteiger partial charge in [0.05, 0.1) is 19.8 Å². The van der Waals surface area contributed by atoms with Crippen molar-refractivity contribution in [3.8, 4) is 17.2 Å². The Kier molecular flexibility index (Phi) is 48.3. The predicted molar refractivity (Wildman–Crippen MR) is 286 cm³/mol. The number of unbranched alkanes of at least 4 members (excludes halogenated alkanes) is 43. The monoisotopic (exact) mass is 897 g/mol. The largest absolute Gasteiger partial charge is 0.490 e. The lowest BCUT2D eigenvalue weighted by Gasteiger charge is -2.19. The first-order valence-electron chi connectivity index (χ1n) is 29.8. The van der Waals surface area contributed by atoms with Crippen molar-refractivity contribution >= 4 is 0 Å². The van der Waals surface area contributed by atoms with E-state index in [1.807, 2.05) is 0 Å². The number of ether oxygens (including phenoxy) is 3. The van der Waals surface area contributed by atoms with Crippen LogP contribution in [-0.2, 0) is 6.42 Å². The molecule has 0 N–H and O–H groups in total. The van der Waals surface area contributed by atoms with Crippen molar-refractivity contribution < 1.29 is 14.2 Å². The normalized spacial score (nSPS) is 11.5. The molecule has 378 valence electrons. The SMILES string of the molecule is CCCCCCCCCCCCCCCCCOc1cc(CCCC)cc(OCCCCCCCCCCCCCCCCC)c1OCCCCCCCCCCCCCCCCC. The zero-order chi connectivity index (χ0) is 45.9. The van der Waals surface area contributed by atoms with Crippen LogP contribution in [-0.4, -0.2) is 19.8 Å². The molecule has 0 fully saturated rings. The van der Waals surface area contributed by atoms with E-state index in [0.717, 1.165) is 62.8 Å². The van der Waals surface area contributed by atoms with Crippen LogP contribution in [0.3, 0.4) is 0 Å². The summed E-state index contributed by atoms with van der Waals surface area (Å²) < 4.78 is 19.9. The molecule has 0 heterocycles. The van der Waals surface area contributed by atoms with Gasteiger partial charge in [-0.1, -0.05) is 304 Å². The van der Waals surface area contributed by atoms with Crippen LogP contribution in [0, 0.1) is 0 Å². The molecule has 64 heavy (non-hydrogen) atoms. The molecule has 0 saturated heterocycles. The molecular weight excluding hydrogens is 781 g/mol. The summed E-state index contributed by atoms with van der Waals surface area (Å²) >= 11 is 0. The molecule has 1 aromatic carbocycles. The summed E-state index contributed by atoms with van der Waals surface area (Å²) in [5.41, 5.74) is 1.33. The third-order valence-corrected chi connectivity index (χ3v) is 13.9. The number of aryl methyl sites for hydroxylation is 1. The first kappa shape index (κ1) is 60.6. The Balaban J connectivity index is 2.52. The molecular formula is C61H116O3. The molecule has 0 unspecified atom stereocenters. The van der Waals surface area contributed by atoms with Crippen molar-refractivity contribution in [1.29, 1.82) is 0 Å². The molecule has 0 aliphatic carbocycles. The Labute approximate surface area is 403 Å². The minimum absolute atomic E-state index is 0.747. The zero-order valence-electron chi connectivity index (χ0n) is 44.4. The second-order valence-corrected chi connectivity index (χ2v) is 20.4. The second kappa shape index (κ2) is 51.0. The van der Waals surface area contributed by atoms with Gasteiger partial charge in [-0.25, -0.2) is 0 Å². The lowest BCUT2D eigenvalue weighted by Crippen LogP contribution is -2.07. The molecule has 0 atom stereocenters. The van der Waals surface area contributed by atoms with Gasteiger partial charge >= 0.3 is 0 Å². The van der Waals surface area contributed by atoms with Gasteiger partial charge in [-0.15, -0.1) is 0 Å². The highest BCUT2D eigenvalue weighted by Crippen LogP contribution is 2.40. The van der Waals surface area contributed by atoms with Crippen LogP contribution < -0.4 is 14.2 Å². The lowest BCUT2D eigenvalue weighted by molar-refractivity contribution is 0.234. The van der Waals surface area contributed by atoms with Crippen molar-refractivity contribution in [1.82, 2.24) is 0 Å². The smallest absolute Gasteiger partial charge is 0.203 e. The van der Waals surface area contributed by atoms with E-state index in [9.17, 15) is 0 Å². The molecule has 1 aromatic rings. The molecule has 0 bridgehead atoms. The summed E-state index contributed by atoms with van der Waals surface area (Å²) in [5.74, 6) is 2.71. The van der Waals surface area contributed by atoms with E-state index in [4.69, 9.17) is 14.2 Å². The maximum absolute atomic E-state index is 6.65. The maximum atomic E-state index is 6.65. The standard InChI is InChI=1S/C61H116O3/c1-5-9-13-16-19-22-25-28-31-34-37-40-43-46-49-53-62-59-56-58(52-12-8-4)57-60(63-54-50-47-44-41-38-35-32-29-26-23-20-17-14-10-6-2)61(59)64-55-51-48-45-42-39-36-33-30-27-24-21-18-15-11-7-3/h56-57H,5-55H2,1-4H3. The van der Waals surface area contributed by atoms with Gasteiger partial charge in [0.15, 0.2) is 11.5 Å². The van der Waals surface area contributed by atoms with Gasteiger partial charge in [0, 0.05) is 0 Å². The second-order valence-electron chi connectivity index (χ2n) is 20.4. The van der Waals surface area contributed by atoms with Gasteiger partial charge in [-0.2, -0.15) is 0 Å². The van der Waals surface area contributed by atoms with Crippen molar-refractivity contribution in [3.05, 3.63) is 17.7 Å². The molecule has 3 heteroatoms. The fourth-order valence-corrected chi connectivity index (χ4v) is 9.47. The highest BCUT2D eigenvalue weighted by atomic mass is 16.5. The fraction of sp³-hybridized carbons (Fsp3) is 0.902. The van der Waals surface area contributed by atoms with Crippen LogP contribution in [0.4, 0.5) is 0 Å². The first-order valence-corrected chi connectivity index (χ1v) is 29.8. The summed E-state index contributed by atoms with van der Waals surface area (Å²) in [6.07, 6.45) is 65.7. The summed E-state index contributed by atoms with van der Waals surface area (Å²) in [6, 6.07) is 4.56. The Bertz CT molecular complexity index is 979. The number of hydrogen-bond acceptors (Lipinski definition) is 3. The highest BCUT2D eigenvalue weighted by Gasteiger charge is 2.16. The van der Waals surface area contributed by atoms with Crippen LogP contribution in [0.15, 0.2) is 12.1 Å². The summed E-state index contributed by atoms with van der Waals surface area (Å²) in [5, 5.41) is 0. The Morgan fingerprint density at radius 2 is 0.438 bits per heavy atom. The van der Waals surface area contributed by atoms with Gasteiger partial charge in [0.2, 0.25) is 5.75 Å². The van der Waals surface area contributed by atoms with E-state index in [0.29, 0.717) is 0 Å². The van der Waals surface area contributed by atoms with Gasteiger partial charge < -0.3 is 14.2 Å². The molecule has 3 nitrogen and oxygen atoms in total. The van der Waals surface area contributed by atoms with Crippen molar-refractivity contribution in [3.63, 3.8) is 0 Å². The molecule has 0 amide bonds. The zero-order valence-corrected chi connectivity index (χ0v) is 44.4. The lowest BCUT2D eigenvalue weighted by atomic mass is 10.0. The highest BCUT2D eigenvalue weighted by molar-refractivity contribution is 5.54. The van der Waals surface area contributed by atoms with Gasteiger partial charge in [-0.05, 0) is 49.8 Å². The number of benzene rings is 1. The average molecular weight is 898 g/mol. The van der Waals surface area contributed by atoms with E-state index >= 15 is 0 Å². The van der Waals surface area contributed by atoms with E-state index in [1.54, 1.807) is 0 Å². The minimum atomic E-state index is 0.747. The van der Waals surface area contributed by atoms with Crippen LogP contribution >= 0.6 is 0 Å². The fourth-order valence-electron chi connectivity index (χ4n) is 9.47. The van der Waals surface area contributed by atoms with Crippen LogP contribution in [0.2, 0.25) is 0 Å². The van der Waals surface area contributed by atoms with Crippen molar-refractivity contribution in [2.45, 2.75) is 336 Å². The topological polar surface area (TPSA) is 27.7 Å². The Morgan fingerprint density at radius 1 is 0.234 bits per heavy atom. The molecule has 0 radical (unpaired) electrons. The van der Waals surface area contributed by atoms with Crippen molar-refractivity contribution in [2.24, 2.45) is 0 Å². The van der Waals surface area contributed by atoms with Gasteiger partial charge in [0.25, 0.3) is 0 Å². The average Bonchev–Trinajstić information content (AvgIpc) is 3.30. The molecule has 0 spiro atoms. The van der Waals surface area contributed by atoms with E-state index in [-0.39, 0.29) is 0 Å². The third kappa shape index (κ3) is 40.9. The minimum Gasteiger partial charge on any atom is -0.490 e. The quantitative estimate of drug-likeness (QED) is 0.0610. The van der Waals surface area contributed by atoms with E-state index in [1.165, 1.54) is 288 Å². The maximum Gasteiger partial charge on any atom is 0.203 e. The molecule has 0 saturated carbocycles. The third-order valence-electron chi connectivity index (χ3n) is 13.9. The Morgan fingerprint density at radius 3 is 0.672 bits per heavy atom. The van der Waals surface area contributed by atoms with Crippen LogP contribution in [0.1, 0.15) is 335 Å². The van der Waals surface area contributed by atoms with Gasteiger partial charge in [-0.3, -0.25) is 0 Å². The predicted octanol–water partition coefficient (Wildman–Crippen LogP) is 21.8. The number of rotatable bonds is 54. The summed E-state index contributed by atoms with van der Waals surface area (Å²) in [4.78, 5) is 0. The molecule has 0 aromatic heterocycles. The summed E-state index contributed by atoms with van der Waals surface area (Å²) in [6.45, 7) is 11.5. The van der Waals surface area contributed by atoms with Crippen LogP contribution in [0.5, 0.6) is 17.2 Å². The Hall–Kier alpha value is -1.38. The number of hydrogen-bond donors (Lipinski definition) is 0. The van der Waals surface area contributed by atoms with Crippen molar-refractivity contribution in [2.75, 3.05) is 19.8 Å². The van der Waals surface area contributed by atoms with Crippen LogP contribution in [0.25, 0.3) is 0 Å². The van der Waals surface area contributed by atoms with E-state index < -0.39 is 0 Å². The molecule has 0 aliphatic rings.